The number of carbonyl (C=O) groups is 1. The lowest BCUT2D eigenvalue weighted by molar-refractivity contribution is -0.132. The summed E-state index contributed by atoms with van der Waals surface area (Å²) in [5, 5.41) is 12.3. The van der Waals surface area contributed by atoms with E-state index in [2.05, 4.69) is 15.5 Å². The summed E-state index contributed by atoms with van der Waals surface area (Å²) < 4.78 is 23.2. The van der Waals surface area contributed by atoms with Crippen LogP contribution in [0.3, 0.4) is 0 Å². The number of carbonyl (C=O) groups excluding carboxylic acids is 1. The first-order valence-corrected chi connectivity index (χ1v) is 8.54. The maximum Gasteiger partial charge on any atom is 0.360 e. The van der Waals surface area contributed by atoms with E-state index >= 15 is 0 Å². The molecule has 1 aromatic heterocycles. The maximum atomic E-state index is 13.3. The first kappa shape index (κ1) is 20.0. The van der Waals surface area contributed by atoms with E-state index < -0.39 is 11.8 Å². The van der Waals surface area contributed by atoms with E-state index in [9.17, 15) is 9.18 Å². The molecule has 0 aliphatic heterocycles. The van der Waals surface area contributed by atoms with Gasteiger partial charge in [-0.05, 0) is 19.1 Å². The van der Waals surface area contributed by atoms with Crippen molar-refractivity contribution in [2.45, 2.75) is 13.5 Å². The minimum atomic E-state index is -0.639. The molecule has 9 heteroatoms. The molecule has 0 N–H and O–H groups in total. The molecule has 0 saturated heterocycles. The third-order valence-corrected chi connectivity index (χ3v) is 4.03. The SMILES string of the molecule is CO/N=C(/C(=O)OC)c1ccccc1CO/N=C(\C)c1noc2cc(F)ccc12. The Labute approximate surface area is 165 Å². The van der Waals surface area contributed by atoms with Crippen LogP contribution in [0.25, 0.3) is 11.0 Å². The second kappa shape index (κ2) is 8.96. The highest BCUT2D eigenvalue weighted by Crippen LogP contribution is 2.20. The summed E-state index contributed by atoms with van der Waals surface area (Å²) in [6.45, 7) is 1.75. The van der Waals surface area contributed by atoms with Crippen molar-refractivity contribution in [2.24, 2.45) is 10.3 Å². The van der Waals surface area contributed by atoms with Crippen LogP contribution in [0.15, 0.2) is 57.3 Å². The van der Waals surface area contributed by atoms with E-state index in [1.54, 1.807) is 37.3 Å². The van der Waals surface area contributed by atoms with Gasteiger partial charge in [-0.1, -0.05) is 39.7 Å². The zero-order valence-electron chi connectivity index (χ0n) is 16.0. The minimum absolute atomic E-state index is 0.0134. The molecule has 0 saturated carbocycles. The number of hydrogen-bond acceptors (Lipinski definition) is 8. The van der Waals surface area contributed by atoms with Crippen LogP contribution < -0.4 is 0 Å². The molecule has 0 amide bonds. The van der Waals surface area contributed by atoms with E-state index in [0.29, 0.717) is 33.5 Å². The van der Waals surface area contributed by atoms with Gasteiger partial charge in [0, 0.05) is 17.2 Å². The predicted octanol–water partition coefficient (Wildman–Crippen LogP) is 3.43. The molecule has 8 nitrogen and oxygen atoms in total. The maximum absolute atomic E-state index is 13.3. The Morgan fingerprint density at radius 2 is 1.97 bits per heavy atom. The van der Waals surface area contributed by atoms with Crippen LogP contribution in [0.1, 0.15) is 23.7 Å². The second-order valence-electron chi connectivity index (χ2n) is 5.89. The van der Waals surface area contributed by atoms with Crippen LogP contribution >= 0.6 is 0 Å². The fourth-order valence-electron chi connectivity index (χ4n) is 2.68. The van der Waals surface area contributed by atoms with Crippen LogP contribution in [-0.2, 0) is 25.8 Å². The Kier molecular flexibility index (Phi) is 6.18. The average molecular weight is 399 g/mol. The number of oxime groups is 2. The Hall–Kier alpha value is -3.75. The van der Waals surface area contributed by atoms with Gasteiger partial charge in [0.15, 0.2) is 11.3 Å². The van der Waals surface area contributed by atoms with Crippen molar-refractivity contribution in [1.82, 2.24) is 5.16 Å². The molecular formula is C20H18FN3O5. The molecule has 0 aliphatic carbocycles. The topological polar surface area (TPSA) is 95.5 Å². The van der Waals surface area contributed by atoms with E-state index in [0.717, 1.165) is 0 Å². The van der Waals surface area contributed by atoms with Crippen molar-refractivity contribution in [3.05, 3.63) is 65.1 Å². The van der Waals surface area contributed by atoms with Gasteiger partial charge < -0.3 is 18.9 Å². The van der Waals surface area contributed by atoms with Crippen molar-refractivity contribution >= 4 is 28.4 Å². The first-order chi connectivity index (χ1) is 14.0. The molecule has 0 unspecified atom stereocenters. The molecule has 0 bridgehead atoms. The van der Waals surface area contributed by atoms with E-state index in [1.807, 2.05) is 0 Å². The van der Waals surface area contributed by atoms with Gasteiger partial charge in [-0.25, -0.2) is 9.18 Å². The van der Waals surface area contributed by atoms with E-state index in [4.69, 9.17) is 18.9 Å². The molecule has 3 rings (SSSR count). The molecule has 0 aliphatic rings. The zero-order valence-corrected chi connectivity index (χ0v) is 16.0. The molecule has 150 valence electrons. The number of fused-ring (bicyclic) bond motifs is 1. The van der Waals surface area contributed by atoms with Gasteiger partial charge in [0.05, 0.1) is 12.5 Å². The molecule has 0 atom stereocenters. The molecule has 0 fully saturated rings. The highest BCUT2D eigenvalue weighted by atomic mass is 19.1. The van der Waals surface area contributed by atoms with E-state index in [-0.39, 0.29) is 12.3 Å². The summed E-state index contributed by atoms with van der Waals surface area (Å²) in [7, 11) is 2.60. The second-order valence-corrected chi connectivity index (χ2v) is 5.89. The summed E-state index contributed by atoms with van der Waals surface area (Å²) in [5.41, 5.74) is 2.38. The minimum Gasteiger partial charge on any atom is -0.464 e. The third kappa shape index (κ3) is 4.40. The number of methoxy groups -OCH3 is 1. The van der Waals surface area contributed by atoms with Crippen LogP contribution in [0.2, 0.25) is 0 Å². The molecule has 3 aromatic rings. The van der Waals surface area contributed by atoms with Crippen molar-refractivity contribution < 1.29 is 28.1 Å². The van der Waals surface area contributed by atoms with Crippen molar-refractivity contribution in [3.63, 3.8) is 0 Å². The molecule has 29 heavy (non-hydrogen) atoms. The Bertz CT molecular complexity index is 1090. The smallest absolute Gasteiger partial charge is 0.360 e. The summed E-state index contributed by atoms with van der Waals surface area (Å²) >= 11 is 0. The first-order valence-electron chi connectivity index (χ1n) is 8.54. The van der Waals surface area contributed by atoms with Crippen molar-refractivity contribution in [1.29, 1.82) is 0 Å². The number of nitrogens with zero attached hydrogens (tertiary/aromatic N) is 3. The molecule has 2 aromatic carbocycles. The number of ether oxygens (including phenoxy) is 1. The fraction of sp³-hybridized carbons (Fsp3) is 0.200. The number of hydrogen-bond donors (Lipinski definition) is 0. The lowest BCUT2D eigenvalue weighted by Gasteiger charge is -2.09. The zero-order chi connectivity index (χ0) is 20.8. The number of aromatic nitrogens is 1. The Morgan fingerprint density at radius 3 is 2.72 bits per heavy atom. The van der Waals surface area contributed by atoms with Gasteiger partial charge >= 0.3 is 5.97 Å². The normalized spacial score (nSPS) is 12.1. The summed E-state index contributed by atoms with van der Waals surface area (Å²) in [6.07, 6.45) is 0. The van der Waals surface area contributed by atoms with Gasteiger partial charge in [-0.2, -0.15) is 0 Å². The Morgan fingerprint density at radius 1 is 1.17 bits per heavy atom. The van der Waals surface area contributed by atoms with Crippen molar-refractivity contribution in [2.75, 3.05) is 14.2 Å². The quantitative estimate of drug-likeness (QED) is 0.343. The van der Waals surface area contributed by atoms with Gasteiger partial charge in [0.2, 0.25) is 0 Å². The van der Waals surface area contributed by atoms with Gasteiger partial charge in [-0.15, -0.1) is 0 Å². The van der Waals surface area contributed by atoms with Crippen LogP contribution in [-0.4, -0.2) is 36.8 Å². The number of benzene rings is 2. The summed E-state index contributed by atoms with van der Waals surface area (Å²) in [5.74, 6) is -1.05. The van der Waals surface area contributed by atoms with Gasteiger partial charge in [-0.3, -0.25) is 0 Å². The highest BCUT2D eigenvalue weighted by molar-refractivity contribution is 6.43. The number of halogens is 1. The standard InChI is InChI=1S/C20H18FN3O5/c1-12(18-16-9-8-14(21)10-17(16)29-24-18)22-28-11-13-6-4-5-7-15(13)19(23-27-3)20(25)26-2/h4-10H,11H2,1-3H3/b22-12+,23-19+. The summed E-state index contributed by atoms with van der Waals surface area (Å²) in [4.78, 5) is 22.2. The van der Waals surface area contributed by atoms with Crippen LogP contribution in [0, 0.1) is 5.82 Å². The highest BCUT2D eigenvalue weighted by Gasteiger charge is 2.19. The molecule has 0 spiro atoms. The summed E-state index contributed by atoms with van der Waals surface area (Å²) in [6, 6.07) is 11.1. The van der Waals surface area contributed by atoms with Crippen molar-refractivity contribution in [3.8, 4) is 0 Å². The van der Waals surface area contributed by atoms with Gasteiger partial charge in [0.1, 0.15) is 30.9 Å². The lowest BCUT2D eigenvalue weighted by atomic mass is 10.0. The predicted molar refractivity (Wildman–Crippen MR) is 103 cm³/mol. The molecular weight excluding hydrogens is 381 g/mol. The molecule has 1 heterocycles. The largest absolute Gasteiger partial charge is 0.464 e. The van der Waals surface area contributed by atoms with Gasteiger partial charge in [0.25, 0.3) is 0 Å². The Balaban J connectivity index is 1.81. The molecule has 0 radical (unpaired) electrons. The lowest BCUT2D eigenvalue weighted by Crippen LogP contribution is -2.19. The van der Waals surface area contributed by atoms with Crippen LogP contribution in [0.4, 0.5) is 4.39 Å². The average Bonchev–Trinajstić information content (AvgIpc) is 3.15. The number of rotatable bonds is 7. The van der Waals surface area contributed by atoms with Crippen LogP contribution in [0.5, 0.6) is 0 Å². The van der Waals surface area contributed by atoms with E-state index in [1.165, 1.54) is 26.4 Å². The fourth-order valence-corrected chi connectivity index (χ4v) is 2.68. The number of esters is 1. The third-order valence-electron chi connectivity index (χ3n) is 4.03. The monoisotopic (exact) mass is 399 g/mol.